The van der Waals surface area contributed by atoms with Crippen LogP contribution in [0.5, 0.6) is 11.5 Å². The molecule has 0 saturated carbocycles. The van der Waals surface area contributed by atoms with Gasteiger partial charge in [0.15, 0.2) is 11.8 Å². The molecule has 0 radical (unpaired) electrons. The van der Waals surface area contributed by atoms with Gasteiger partial charge in [0.25, 0.3) is 0 Å². The van der Waals surface area contributed by atoms with E-state index in [0.717, 1.165) is 35.7 Å². The smallest absolute Gasteiger partial charge is 0.415 e. The summed E-state index contributed by atoms with van der Waals surface area (Å²) >= 11 is 0.832. The molecule has 0 bridgehead atoms. The lowest BCUT2D eigenvalue weighted by atomic mass is 10.0. The Kier molecular flexibility index (Phi) is 4.53. The van der Waals surface area contributed by atoms with Gasteiger partial charge in [-0.1, -0.05) is 6.08 Å². The molecule has 1 unspecified atom stereocenters. The van der Waals surface area contributed by atoms with Crippen LogP contribution in [0.3, 0.4) is 0 Å². The number of aromatic nitrogens is 1. The van der Waals surface area contributed by atoms with Crippen LogP contribution in [-0.4, -0.2) is 42.6 Å². The number of alkyl halides is 3. The van der Waals surface area contributed by atoms with E-state index in [4.69, 9.17) is 0 Å². The largest absolute Gasteiger partial charge is 0.504 e. The molecule has 8 nitrogen and oxygen atoms in total. The molecular formula is C15H10F3N3O5S. The molecule has 1 aromatic carbocycles. The molecule has 1 atom stereocenters. The average Bonchev–Trinajstić information content (AvgIpc) is 3.05. The number of phenols is 2. The molecule has 0 fully saturated rings. The topological polar surface area (TPSA) is 120 Å². The van der Waals surface area contributed by atoms with Crippen molar-refractivity contribution in [1.29, 1.82) is 0 Å². The van der Waals surface area contributed by atoms with Crippen molar-refractivity contribution in [3.05, 3.63) is 51.0 Å². The number of allylic oxidation sites excluding steroid dienone is 2. The molecule has 3 rings (SSSR count). The lowest BCUT2D eigenvalue weighted by Gasteiger charge is -2.30. The van der Waals surface area contributed by atoms with E-state index >= 15 is 0 Å². The molecule has 0 saturated heterocycles. The molecule has 2 aromatic rings. The fraction of sp³-hybridized carbons (Fsp3) is 0.133. The molecule has 0 aliphatic carbocycles. The predicted molar refractivity (Wildman–Crippen MR) is 88.1 cm³/mol. The summed E-state index contributed by atoms with van der Waals surface area (Å²) < 4.78 is 39.8. The van der Waals surface area contributed by atoms with Crippen LogP contribution < -0.4 is 0 Å². The van der Waals surface area contributed by atoms with Gasteiger partial charge in [0, 0.05) is 28.8 Å². The minimum atomic E-state index is -4.77. The monoisotopic (exact) mass is 401 g/mol. The Bertz CT molecular complexity index is 970. The van der Waals surface area contributed by atoms with Gasteiger partial charge in [0.2, 0.25) is 5.75 Å². The molecule has 12 heteroatoms. The molecule has 2 heterocycles. The number of thiazole rings is 1. The number of hydroxylamine groups is 2. The highest BCUT2D eigenvalue weighted by Crippen LogP contribution is 2.41. The molecule has 1 aliphatic heterocycles. The number of nitro benzene ring substituents is 1. The summed E-state index contributed by atoms with van der Waals surface area (Å²) in [5, 5.41) is 41.0. The van der Waals surface area contributed by atoms with Crippen LogP contribution in [0.25, 0.3) is 16.8 Å². The average molecular weight is 401 g/mol. The third-order valence-electron chi connectivity index (χ3n) is 3.70. The van der Waals surface area contributed by atoms with E-state index in [2.05, 4.69) is 4.98 Å². The van der Waals surface area contributed by atoms with Gasteiger partial charge in [0.1, 0.15) is 5.01 Å². The van der Waals surface area contributed by atoms with E-state index in [1.807, 2.05) is 0 Å². The maximum Gasteiger partial charge on any atom is 0.415 e. The number of hydrogen-bond acceptors (Lipinski definition) is 8. The summed E-state index contributed by atoms with van der Waals surface area (Å²) in [6, 6.07) is -0.359. The minimum Gasteiger partial charge on any atom is -0.504 e. The predicted octanol–water partition coefficient (Wildman–Crippen LogP) is 3.66. The fourth-order valence-electron chi connectivity index (χ4n) is 2.50. The Morgan fingerprint density at radius 2 is 2.00 bits per heavy atom. The number of nitro groups is 1. The Hall–Kier alpha value is -3.12. The molecule has 1 aliphatic rings. The van der Waals surface area contributed by atoms with Crippen molar-refractivity contribution in [2.75, 3.05) is 0 Å². The van der Waals surface area contributed by atoms with Crippen LogP contribution >= 0.6 is 11.3 Å². The first-order valence-corrected chi connectivity index (χ1v) is 8.06. The Morgan fingerprint density at radius 3 is 2.63 bits per heavy atom. The quantitative estimate of drug-likeness (QED) is 0.408. The molecule has 27 heavy (non-hydrogen) atoms. The summed E-state index contributed by atoms with van der Waals surface area (Å²) in [6.07, 6.45) is -1.54. The van der Waals surface area contributed by atoms with Crippen LogP contribution in [0.2, 0.25) is 0 Å². The third-order valence-corrected chi connectivity index (χ3v) is 4.59. The van der Waals surface area contributed by atoms with Crippen LogP contribution in [0.15, 0.2) is 35.9 Å². The van der Waals surface area contributed by atoms with Crippen LogP contribution in [0, 0.1) is 10.1 Å². The molecule has 0 amide bonds. The second kappa shape index (κ2) is 6.55. The molecule has 142 valence electrons. The number of phenolic OH excluding ortho intramolecular Hbond substituents is 2. The van der Waals surface area contributed by atoms with Crippen molar-refractivity contribution in [2.45, 2.75) is 12.2 Å². The van der Waals surface area contributed by atoms with Gasteiger partial charge in [-0.3, -0.25) is 15.3 Å². The number of aromatic hydroxyl groups is 2. The number of rotatable bonds is 3. The summed E-state index contributed by atoms with van der Waals surface area (Å²) in [5.74, 6) is -1.68. The molecule has 1 aromatic heterocycles. The second-order valence-corrected chi connectivity index (χ2v) is 6.30. The second-order valence-electron chi connectivity index (χ2n) is 5.45. The van der Waals surface area contributed by atoms with Gasteiger partial charge in [-0.05, 0) is 12.1 Å². The van der Waals surface area contributed by atoms with Gasteiger partial charge in [-0.25, -0.2) is 10.0 Å². The van der Waals surface area contributed by atoms with E-state index in [9.17, 15) is 38.7 Å². The molecular weight excluding hydrogens is 391 g/mol. The van der Waals surface area contributed by atoms with Crippen LogP contribution in [-0.2, 0) is 0 Å². The van der Waals surface area contributed by atoms with E-state index in [-0.39, 0.29) is 26.9 Å². The maximum atomic E-state index is 13.3. The van der Waals surface area contributed by atoms with Gasteiger partial charge in [0.05, 0.1) is 10.6 Å². The number of hydrogen-bond donors (Lipinski definition) is 3. The number of halogens is 3. The molecule has 0 spiro atoms. The normalized spacial score (nSPS) is 17.1. The first-order valence-electron chi connectivity index (χ1n) is 7.18. The summed E-state index contributed by atoms with van der Waals surface area (Å²) in [7, 11) is 0. The van der Waals surface area contributed by atoms with Gasteiger partial charge >= 0.3 is 11.9 Å². The highest BCUT2D eigenvalue weighted by atomic mass is 32.1. The standard InChI is InChI=1S/C15H10F3N3O5S/c16-15(17,18)13-8(2-1-3-20(13)24)14-19-9(6-27-14)7-4-10(21(25)26)12(23)11(22)5-7/h1-6,13,22-24H. The van der Waals surface area contributed by atoms with Gasteiger partial charge < -0.3 is 10.2 Å². The summed E-state index contributed by atoms with van der Waals surface area (Å²) in [5.41, 5.74) is -0.972. The fourth-order valence-corrected chi connectivity index (χ4v) is 3.38. The Labute approximate surface area is 152 Å². The first-order chi connectivity index (χ1) is 12.6. The van der Waals surface area contributed by atoms with E-state index in [0.29, 0.717) is 0 Å². The zero-order valence-corrected chi connectivity index (χ0v) is 13.9. The van der Waals surface area contributed by atoms with E-state index in [1.165, 1.54) is 11.5 Å². The summed E-state index contributed by atoms with van der Waals surface area (Å²) in [4.78, 5) is 14.1. The minimum absolute atomic E-state index is 0.0215. The van der Waals surface area contributed by atoms with Crippen molar-refractivity contribution in [3.8, 4) is 22.8 Å². The van der Waals surface area contributed by atoms with Crippen molar-refractivity contribution in [2.24, 2.45) is 0 Å². The highest BCUT2D eigenvalue weighted by molar-refractivity contribution is 7.11. The van der Waals surface area contributed by atoms with Crippen LogP contribution in [0.4, 0.5) is 18.9 Å². The van der Waals surface area contributed by atoms with E-state index in [1.54, 1.807) is 0 Å². The zero-order chi connectivity index (χ0) is 19.9. The Balaban J connectivity index is 2.04. The highest BCUT2D eigenvalue weighted by Gasteiger charge is 2.47. The van der Waals surface area contributed by atoms with Crippen molar-refractivity contribution >= 4 is 22.6 Å². The zero-order valence-electron chi connectivity index (χ0n) is 13.1. The third kappa shape index (κ3) is 3.44. The van der Waals surface area contributed by atoms with E-state index < -0.39 is 34.3 Å². The van der Waals surface area contributed by atoms with Gasteiger partial charge in [-0.15, -0.1) is 11.3 Å². The van der Waals surface area contributed by atoms with Crippen molar-refractivity contribution < 1.29 is 33.5 Å². The summed E-state index contributed by atoms with van der Waals surface area (Å²) in [6.45, 7) is 0. The maximum absolute atomic E-state index is 13.3. The number of nitrogens with zero attached hydrogens (tertiary/aromatic N) is 3. The lowest BCUT2D eigenvalue weighted by molar-refractivity contribution is -0.385. The SMILES string of the molecule is O=[N+]([O-])c1cc(-c2csc(C3=CC=CN(O)C3C(F)(F)F)n2)cc(O)c1O. The first kappa shape index (κ1) is 18.7. The lowest BCUT2D eigenvalue weighted by Crippen LogP contribution is -2.43. The van der Waals surface area contributed by atoms with Crippen molar-refractivity contribution in [1.82, 2.24) is 10.0 Å². The molecule has 3 N–H and O–H groups in total. The van der Waals surface area contributed by atoms with Crippen molar-refractivity contribution in [3.63, 3.8) is 0 Å². The van der Waals surface area contributed by atoms with Crippen LogP contribution in [0.1, 0.15) is 5.01 Å². The van der Waals surface area contributed by atoms with Gasteiger partial charge in [-0.2, -0.15) is 13.2 Å². The number of benzene rings is 1. The Morgan fingerprint density at radius 1 is 1.30 bits per heavy atom.